The van der Waals surface area contributed by atoms with Crippen molar-refractivity contribution in [3.05, 3.63) is 29.3 Å². The zero-order chi connectivity index (χ0) is 12.6. The summed E-state index contributed by atoms with van der Waals surface area (Å²) in [5.41, 5.74) is 10.3. The van der Waals surface area contributed by atoms with Crippen LogP contribution >= 0.6 is 11.7 Å². The molecule has 0 aliphatic carbocycles. The molecule has 0 radical (unpaired) electrons. The van der Waals surface area contributed by atoms with Gasteiger partial charge in [0, 0.05) is 5.56 Å². The van der Waals surface area contributed by atoms with Crippen molar-refractivity contribution in [2.45, 2.75) is 33.1 Å². The maximum atomic E-state index is 5.84. The lowest BCUT2D eigenvalue weighted by Gasteiger charge is -2.20. The average molecular weight is 247 g/mol. The summed E-state index contributed by atoms with van der Waals surface area (Å²) < 4.78 is 8.31. The van der Waals surface area contributed by atoms with Gasteiger partial charge in [-0.1, -0.05) is 32.9 Å². The highest BCUT2D eigenvalue weighted by molar-refractivity contribution is 6.99. The Hall–Kier alpha value is -1.42. The molecule has 0 fully saturated rings. The van der Waals surface area contributed by atoms with Gasteiger partial charge in [-0.15, -0.1) is 0 Å². The topological polar surface area (TPSA) is 51.8 Å². The first-order valence-corrected chi connectivity index (χ1v) is 6.32. The van der Waals surface area contributed by atoms with Crippen LogP contribution in [0.3, 0.4) is 0 Å². The van der Waals surface area contributed by atoms with E-state index in [1.165, 1.54) is 11.1 Å². The molecular weight excluding hydrogens is 230 g/mol. The predicted octanol–water partition coefficient (Wildman–Crippen LogP) is 3.39. The van der Waals surface area contributed by atoms with Crippen molar-refractivity contribution in [3.8, 4) is 11.3 Å². The Balaban J connectivity index is 2.58. The third kappa shape index (κ3) is 2.31. The van der Waals surface area contributed by atoms with E-state index >= 15 is 0 Å². The molecule has 0 spiro atoms. The Bertz CT molecular complexity index is 538. The van der Waals surface area contributed by atoms with Gasteiger partial charge in [0.25, 0.3) is 0 Å². The van der Waals surface area contributed by atoms with Crippen molar-refractivity contribution in [1.82, 2.24) is 8.75 Å². The monoisotopic (exact) mass is 247 g/mol. The summed E-state index contributed by atoms with van der Waals surface area (Å²) in [6.07, 6.45) is 0. The number of anilines is 1. The molecule has 0 bridgehead atoms. The van der Waals surface area contributed by atoms with Crippen LogP contribution in [0, 0.1) is 6.92 Å². The molecule has 0 atom stereocenters. The second kappa shape index (κ2) is 4.11. The smallest absolute Gasteiger partial charge is 0.165 e. The lowest BCUT2D eigenvalue weighted by molar-refractivity contribution is 0.590. The van der Waals surface area contributed by atoms with Crippen molar-refractivity contribution < 1.29 is 0 Å². The zero-order valence-corrected chi connectivity index (χ0v) is 11.4. The summed E-state index contributed by atoms with van der Waals surface area (Å²) in [6.45, 7) is 8.67. The first-order chi connectivity index (χ1) is 7.89. The second-order valence-electron chi connectivity index (χ2n) is 5.28. The fourth-order valence-corrected chi connectivity index (χ4v) is 2.21. The SMILES string of the molecule is Cc1ccc(C(C)(C)C)cc1-c1nsnc1N. The van der Waals surface area contributed by atoms with Crippen LogP contribution in [0.2, 0.25) is 0 Å². The van der Waals surface area contributed by atoms with Crippen molar-refractivity contribution >= 4 is 17.5 Å². The largest absolute Gasteiger partial charge is 0.381 e. The van der Waals surface area contributed by atoms with Gasteiger partial charge in [-0.25, -0.2) is 0 Å². The molecule has 4 heteroatoms. The maximum Gasteiger partial charge on any atom is 0.165 e. The molecule has 0 saturated carbocycles. The number of aromatic nitrogens is 2. The van der Waals surface area contributed by atoms with Crippen LogP contribution in [-0.4, -0.2) is 8.75 Å². The van der Waals surface area contributed by atoms with E-state index in [0.717, 1.165) is 23.0 Å². The number of rotatable bonds is 1. The maximum absolute atomic E-state index is 5.84. The van der Waals surface area contributed by atoms with Crippen LogP contribution < -0.4 is 5.73 Å². The Morgan fingerprint density at radius 2 is 1.88 bits per heavy atom. The molecule has 0 saturated heterocycles. The molecule has 0 unspecified atom stereocenters. The van der Waals surface area contributed by atoms with E-state index in [1.54, 1.807) is 0 Å². The minimum absolute atomic E-state index is 0.126. The van der Waals surface area contributed by atoms with Gasteiger partial charge >= 0.3 is 0 Å². The number of nitrogens with two attached hydrogens (primary N) is 1. The molecule has 1 aromatic heterocycles. The van der Waals surface area contributed by atoms with Crippen molar-refractivity contribution in [2.75, 3.05) is 5.73 Å². The fourth-order valence-electron chi connectivity index (χ4n) is 1.73. The van der Waals surface area contributed by atoms with Gasteiger partial charge in [0.1, 0.15) is 5.69 Å². The quantitative estimate of drug-likeness (QED) is 0.840. The van der Waals surface area contributed by atoms with Gasteiger partial charge in [0.2, 0.25) is 0 Å². The van der Waals surface area contributed by atoms with Gasteiger partial charge in [-0.2, -0.15) is 8.75 Å². The first kappa shape index (κ1) is 12.0. The lowest BCUT2D eigenvalue weighted by atomic mass is 9.85. The number of hydrogen-bond donors (Lipinski definition) is 1. The van der Waals surface area contributed by atoms with E-state index in [-0.39, 0.29) is 5.41 Å². The fraction of sp³-hybridized carbons (Fsp3) is 0.385. The van der Waals surface area contributed by atoms with Crippen LogP contribution in [0.25, 0.3) is 11.3 Å². The molecule has 0 aliphatic rings. The normalized spacial score (nSPS) is 11.8. The minimum Gasteiger partial charge on any atom is -0.381 e. The molecular formula is C13H17N3S. The van der Waals surface area contributed by atoms with E-state index in [4.69, 9.17) is 5.73 Å². The van der Waals surface area contributed by atoms with Gasteiger partial charge in [-0.05, 0) is 29.5 Å². The van der Waals surface area contributed by atoms with Crippen LogP contribution in [0.15, 0.2) is 18.2 Å². The summed E-state index contributed by atoms with van der Waals surface area (Å²) >= 11 is 1.16. The van der Waals surface area contributed by atoms with E-state index in [1.807, 2.05) is 0 Å². The van der Waals surface area contributed by atoms with Crippen LogP contribution in [0.5, 0.6) is 0 Å². The van der Waals surface area contributed by atoms with Crippen molar-refractivity contribution in [3.63, 3.8) is 0 Å². The number of hydrogen-bond acceptors (Lipinski definition) is 4. The lowest BCUT2D eigenvalue weighted by Crippen LogP contribution is -2.11. The van der Waals surface area contributed by atoms with Crippen molar-refractivity contribution in [1.29, 1.82) is 0 Å². The summed E-state index contributed by atoms with van der Waals surface area (Å²) in [4.78, 5) is 0. The Morgan fingerprint density at radius 1 is 1.18 bits per heavy atom. The molecule has 2 rings (SSSR count). The molecule has 3 nitrogen and oxygen atoms in total. The Morgan fingerprint density at radius 3 is 2.41 bits per heavy atom. The van der Waals surface area contributed by atoms with Gasteiger partial charge in [-0.3, -0.25) is 0 Å². The Kier molecular flexibility index (Phi) is 2.91. The number of nitrogen functional groups attached to an aromatic ring is 1. The predicted molar refractivity (Wildman–Crippen MR) is 73.2 cm³/mol. The van der Waals surface area contributed by atoms with Gasteiger partial charge < -0.3 is 5.73 Å². The third-order valence-electron chi connectivity index (χ3n) is 2.87. The summed E-state index contributed by atoms with van der Waals surface area (Å²) in [6, 6.07) is 6.45. The highest BCUT2D eigenvalue weighted by Gasteiger charge is 2.17. The van der Waals surface area contributed by atoms with E-state index in [0.29, 0.717) is 5.82 Å². The number of benzene rings is 1. The van der Waals surface area contributed by atoms with Crippen LogP contribution in [-0.2, 0) is 5.41 Å². The molecule has 2 aromatic rings. The molecule has 1 heterocycles. The van der Waals surface area contributed by atoms with Gasteiger partial charge in [0.15, 0.2) is 5.82 Å². The van der Waals surface area contributed by atoms with E-state index in [2.05, 4.69) is 54.6 Å². The summed E-state index contributed by atoms with van der Waals surface area (Å²) in [5, 5.41) is 0. The van der Waals surface area contributed by atoms with Gasteiger partial charge in [0.05, 0.1) is 11.7 Å². The van der Waals surface area contributed by atoms with E-state index < -0.39 is 0 Å². The first-order valence-electron chi connectivity index (χ1n) is 5.59. The molecule has 2 N–H and O–H groups in total. The summed E-state index contributed by atoms with van der Waals surface area (Å²) in [7, 11) is 0. The molecule has 1 aromatic carbocycles. The standard InChI is InChI=1S/C13H17N3S/c1-8-5-6-9(13(2,3)4)7-10(8)11-12(14)16-17-15-11/h5-7H,1-4H3,(H2,14,16). The number of nitrogens with zero attached hydrogens (tertiary/aromatic N) is 2. The van der Waals surface area contributed by atoms with Crippen molar-refractivity contribution in [2.24, 2.45) is 0 Å². The highest BCUT2D eigenvalue weighted by atomic mass is 32.1. The highest BCUT2D eigenvalue weighted by Crippen LogP contribution is 2.31. The Labute approximate surface area is 106 Å². The van der Waals surface area contributed by atoms with E-state index in [9.17, 15) is 0 Å². The second-order valence-corrected chi connectivity index (χ2v) is 5.81. The molecule has 0 amide bonds. The summed E-state index contributed by atoms with van der Waals surface area (Å²) in [5.74, 6) is 0.518. The zero-order valence-electron chi connectivity index (χ0n) is 10.6. The third-order valence-corrected chi connectivity index (χ3v) is 3.42. The molecule has 90 valence electrons. The minimum atomic E-state index is 0.126. The molecule has 0 aliphatic heterocycles. The van der Waals surface area contributed by atoms with Crippen LogP contribution in [0.1, 0.15) is 31.9 Å². The average Bonchev–Trinajstić information content (AvgIpc) is 2.63. The van der Waals surface area contributed by atoms with Crippen LogP contribution in [0.4, 0.5) is 5.82 Å². The number of aryl methyl sites for hydroxylation is 1. The molecule has 17 heavy (non-hydrogen) atoms.